The second-order valence-corrected chi connectivity index (χ2v) is 8.58. The lowest BCUT2D eigenvalue weighted by Gasteiger charge is -2.06. The van der Waals surface area contributed by atoms with Crippen LogP contribution in [0.15, 0.2) is 69.9 Å². The fourth-order valence-corrected chi connectivity index (χ4v) is 3.88. The zero-order chi connectivity index (χ0) is 25.2. The molecule has 0 aliphatic heterocycles. The Labute approximate surface area is 207 Å². The van der Waals surface area contributed by atoms with Gasteiger partial charge in [0.15, 0.2) is 12.6 Å². The second kappa shape index (κ2) is 12.3. The third kappa shape index (κ3) is 7.12. The summed E-state index contributed by atoms with van der Waals surface area (Å²) in [6.45, 7) is 3.62. The second-order valence-electron chi connectivity index (χ2n) is 7.61. The number of amidine groups is 1. The average Bonchev–Trinajstić information content (AvgIpc) is 2.86. The SMILES string of the molecule is Cc1cc(C=O)c(O)c(/C=N/N=C(N/N=C/c2cc(C)cc(C=O)c2O)SCc2ccccc2)c1. The van der Waals surface area contributed by atoms with E-state index >= 15 is 0 Å². The first-order valence-electron chi connectivity index (χ1n) is 10.6. The molecule has 0 aromatic heterocycles. The van der Waals surface area contributed by atoms with Crippen LogP contribution in [0.25, 0.3) is 0 Å². The summed E-state index contributed by atoms with van der Waals surface area (Å²) in [5, 5.41) is 33.2. The average molecular weight is 489 g/mol. The van der Waals surface area contributed by atoms with Crippen LogP contribution in [0.4, 0.5) is 0 Å². The van der Waals surface area contributed by atoms with Crippen molar-refractivity contribution in [1.82, 2.24) is 5.43 Å². The van der Waals surface area contributed by atoms with E-state index < -0.39 is 0 Å². The fraction of sp³-hybridized carbons (Fsp3) is 0.115. The molecule has 3 N–H and O–H groups in total. The van der Waals surface area contributed by atoms with Gasteiger partial charge in [0.05, 0.1) is 23.6 Å². The molecule has 3 aromatic rings. The number of phenolic OH excluding ortho intramolecular Hbond substituents is 2. The number of rotatable bonds is 8. The van der Waals surface area contributed by atoms with Crippen molar-refractivity contribution in [2.24, 2.45) is 15.3 Å². The number of carbonyl (C=O) groups is 2. The highest BCUT2D eigenvalue weighted by Gasteiger charge is 2.08. The van der Waals surface area contributed by atoms with E-state index in [4.69, 9.17) is 0 Å². The summed E-state index contributed by atoms with van der Waals surface area (Å²) in [6, 6.07) is 16.3. The molecule has 9 heteroatoms. The number of hydrazone groups is 1. The molecule has 0 bridgehead atoms. The van der Waals surface area contributed by atoms with Crippen LogP contribution >= 0.6 is 11.8 Å². The molecule has 3 rings (SSSR count). The van der Waals surface area contributed by atoms with Crippen molar-refractivity contribution >= 4 is 41.9 Å². The van der Waals surface area contributed by atoms with Gasteiger partial charge < -0.3 is 10.2 Å². The molecular weight excluding hydrogens is 464 g/mol. The molecule has 0 spiro atoms. The Balaban J connectivity index is 1.83. The highest BCUT2D eigenvalue weighted by atomic mass is 32.2. The van der Waals surface area contributed by atoms with Gasteiger partial charge in [0.25, 0.3) is 0 Å². The van der Waals surface area contributed by atoms with E-state index in [1.807, 2.05) is 37.3 Å². The first kappa shape index (κ1) is 25.4. The summed E-state index contributed by atoms with van der Waals surface area (Å²) in [4.78, 5) is 22.3. The number of aryl methyl sites for hydroxylation is 2. The predicted octanol–water partition coefficient (Wildman–Crippen LogP) is 4.59. The molecule has 0 atom stereocenters. The van der Waals surface area contributed by atoms with E-state index in [-0.39, 0.29) is 22.6 Å². The molecule has 0 aliphatic carbocycles. The summed E-state index contributed by atoms with van der Waals surface area (Å²) in [5.41, 5.74) is 6.56. The Morgan fingerprint density at radius 2 is 1.40 bits per heavy atom. The van der Waals surface area contributed by atoms with Crippen LogP contribution in [-0.2, 0) is 5.75 Å². The maximum Gasteiger partial charge on any atom is 0.203 e. The van der Waals surface area contributed by atoms with Gasteiger partial charge in [0, 0.05) is 16.9 Å². The number of aromatic hydroxyl groups is 2. The van der Waals surface area contributed by atoms with Crippen molar-refractivity contribution in [2.75, 3.05) is 0 Å². The van der Waals surface area contributed by atoms with Crippen molar-refractivity contribution in [3.63, 3.8) is 0 Å². The summed E-state index contributed by atoms with van der Waals surface area (Å²) >= 11 is 1.35. The Morgan fingerprint density at radius 3 is 1.97 bits per heavy atom. The molecule has 0 saturated carbocycles. The van der Waals surface area contributed by atoms with Crippen molar-refractivity contribution in [2.45, 2.75) is 19.6 Å². The minimum absolute atomic E-state index is 0.162. The molecule has 0 radical (unpaired) electrons. The van der Waals surface area contributed by atoms with Gasteiger partial charge in [-0.25, -0.2) is 0 Å². The number of nitrogens with one attached hydrogen (secondary N) is 1. The van der Waals surface area contributed by atoms with Gasteiger partial charge in [0.2, 0.25) is 5.17 Å². The summed E-state index contributed by atoms with van der Waals surface area (Å²) < 4.78 is 0. The Kier molecular flexibility index (Phi) is 8.91. The van der Waals surface area contributed by atoms with Crippen LogP contribution in [0.2, 0.25) is 0 Å². The van der Waals surface area contributed by atoms with Crippen LogP contribution < -0.4 is 5.43 Å². The number of benzene rings is 3. The highest BCUT2D eigenvalue weighted by Crippen LogP contribution is 2.23. The van der Waals surface area contributed by atoms with Crippen molar-refractivity contribution in [3.8, 4) is 11.5 Å². The van der Waals surface area contributed by atoms with Crippen LogP contribution in [0.5, 0.6) is 11.5 Å². The number of phenols is 2. The summed E-state index contributed by atoms with van der Waals surface area (Å²) in [6.07, 6.45) is 3.91. The van der Waals surface area contributed by atoms with Crippen molar-refractivity contribution in [3.05, 3.63) is 93.5 Å². The standard InChI is InChI=1S/C26H24N4O4S/c1-17-8-20(24(33)22(10-17)14-31)12-27-29-26(35-16-19-6-4-3-5-7-19)30-28-13-21-9-18(2)11-23(15-32)25(21)34/h3-15,33-34H,16H2,1-2H3,(H,29,30)/b27-12+,28-13+. The van der Waals surface area contributed by atoms with Crippen LogP contribution in [0.3, 0.4) is 0 Å². The maximum atomic E-state index is 11.2. The molecule has 0 heterocycles. The smallest absolute Gasteiger partial charge is 0.203 e. The molecule has 3 aromatic carbocycles. The molecule has 0 amide bonds. The van der Waals surface area contributed by atoms with Gasteiger partial charge in [-0.05, 0) is 54.8 Å². The van der Waals surface area contributed by atoms with Crippen LogP contribution in [-0.4, -0.2) is 40.4 Å². The first-order chi connectivity index (χ1) is 16.9. The van der Waals surface area contributed by atoms with Crippen molar-refractivity contribution < 1.29 is 19.8 Å². The van der Waals surface area contributed by atoms with Gasteiger partial charge in [-0.1, -0.05) is 42.1 Å². The summed E-state index contributed by atoms with van der Waals surface area (Å²) in [5.74, 6) is 0.258. The van der Waals surface area contributed by atoms with Crippen LogP contribution in [0, 0.1) is 13.8 Å². The molecule has 0 unspecified atom stereocenters. The fourth-order valence-electron chi connectivity index (χ4n) is 3.16. The predicted molar refractivity (Wildman–Crippen MR) is 140 cm³/mol. The lowest BCUT2D eigenvalue weighted by atomic mass is 10.1. The van der Waals surface area contributed by atoms with Gasteiger partial charge >= 0.3 is 0 Å². The van der Waals surface area contributed by atoms with E-state index in [0.29, 0.717) is 34.6 Å². The van der Waals surface area contributed by atoms with E-state index in [1.165, 1.54) is 24.2 Å². The number of aldehydes is 2. The van der Waals surface area contributed by atoms with E-state index in [9.17, 15) is 19.8 Å². The van der Waals surface area contributed by atoms with E-state index in [1.54, 1.807) is 31.2 Å². The number of carbonyl (C=O) groups excluding carboxylic acids is 2. The van der Waals surface area contributed by atoms with Crippen molar-refractivity contribution in [1.29, 1.82) is 0 Å². The molecule has 178 valence electrons. The normalized spacial score (nSPS) is 11.8. The molecule has 0 saturated heterocycles. The van der Waals surface area contributed by atoms with Gasteiger partial charge in [-0.3, -0.25) is 15.0 Å². The van der Waals surface area contributed by atoms with E-state index in [2.05, 4.69) is 20.7 Å². The number of hydrogen-bond acceptors (Lipinski definition) is 8. The Morgan fingerprint density at radius 1 is 0.857 bits per heavy atom. The third-order valence-corrected chi connectivity index (χ3v) is 5.73. The van der Waals surface area contributed by atoms with Gasteiger partial charge in [-0.2, -0.15) is 10.2 Å². The summed E-state index contributed by atoms with van der Waals surface area (Å²) in [7, 11) is 0. The molecule has 0 aliphatic rings. The minimum Gasteiger partial charge on any atom is -0.507 e. The van der Waals surface area contributed by atoms with Gasteiger partial charge in [-0.15, -0.1) is 5.10 Å². The molecular formula is C26H24N4O4S. The number of thioether (sulfide) groups is 1. The molecule has 0 fully saturated rings. The maximum absolute atomic E-state index is 11.2. The zero-order valence-electron chi connectivity index (χ0n) is 19.2. The Hall–Kier alpha value is -4.24. The Bertz CT molecular complexity index is 1300. The number of nitrogens with zero attached hydrogens (tertiary/aromatic N) is 3. The zero-order valence-corrected chi connectivity index (χ0v) is 20.0. The third-order valence-electron chi connectivity index (χ3n) is 4.81. The largest absolute Gasteiger partial charge is 0.507 e. The highest BCUT2D eigenvalue weighted by molar-refractivity contribution is 8.13. The number of hydrogen-bond donors (Lipinski definition) is 3. The van der Waals surface area contributed by atoms with Gasteiger partial charge in [0.1, 0.15) is 11.5 Å². The van der Waals surface area contributed by atoms with Crippen LogP contribution in [0.1, 0.15) is 48.5 Å². The topological polar surface area (TPSA) is 124 Å². The quantitative estimate of drug-likeness (QED) is 0.184. The lowest BCUT2D eigenvalue weighted by molar-refractivity contribution is 0.111. The molecule has 8 nitrogen and oxygen atoms in total. The minimum atomic E-state index is -0.171. The molecule has 35 heavy (non-hydrogen) atoms. The first-order valence-corrected chi connectivity index (χ1v) is 11.5. The van der Waals surface area contributed by atoms with E-state index in [0.717, 1.165) is 16.7 Å². The monoisotopic (exact) mass is 488 g/mol. The lowest BCUT2D eigenvalue weighted by Crippen LogP contribution is -2.14.